The largest absolute Gasteiger partial charge is 0.303 e. The van der Waals surface area contributed by atoms with E-state index < -0.39 is 0 Å². The molecule has 0 spiro atoms. The Labute approximate surface area is 161 Å². The van der Waals surface area contributed by atoms with Crippen molar-refractivity contribution in [1.82, 2.24) is 19.2 Å². The van der Waals surface area contributed by atoms with Crippen LogP contribution in [-0.4, -0.2) is 25.8 Å². The summed E-state index contributed by atoms with van der Waals surface area (Å²) >= 11 is 9.12. The van der Waals surface area contributed by atoms with Crippen LogP contribution in [0, 0.1) is 4.77 Å². The molecule has 0 N–H and O–H groups in total. The van der Waals surface area contributed by atoms with Crippen molar-refractivity contribution >= 4 is 28.1 Å². The molecule has 0 atom stereocenters. The maximum atomic E-state index is 5.60. The summed E-state index contributed by atoms with van der Waals surface area (Å²) in [4.78, 5) is 2.32. The zero-order valence-corrected chi connectivity index (χ0v) is 16.8. The Morgan fingerprint density at radius 3 is 2.56 bits per heavy atom. The molecule has 0 saturated heterocycles. The van der Waals surface area contributed by atoms with E-state index in [-0.39, 0.29) is 0 Å². The van der Waals surface area contributed by atoms with Gasteiger partial charge in [-0.05, 0) is 36.5 Å². The van der Waals surface area contributed by atoms with Crippen LogP contribution in [0.2, 0.25) is 0 Å². The van der Waals surface area contributed by atoms with E-state index in [1.807, 2.05) is 40.6 Å². The highest BCUT2D eigenvalue weighted by Gasteiger charge is 2.12. The third kappa shape index (κ3) is 4.26. The first kappa shape index (κ1) is 18.0. The van der Waals surface area contributed by atoms with Crippen LogP contribution in [0.25, 0.3) is 11.4 Å². The number of rotatable bonds is 6. The van der Waals surface area contributed by atoms with Crippen LogP contribution in [0.3, 0.4) is 0 Å². The Morgan fingerprint density at radius 1 is 1.12 bits per heavy atom. The summed E-state index contributed by atoms with van der Waals surface area (Å²) in [5.41, 5.74) is 2.34. The van der Waals surface area contributed by atoms with Gasteiger partial charge in [-0.1, -0.05) is 65.3 Å². The van der Waals surface area contributed by atoms with Crippen molar-refractivity contribution in [2.24, 2.45) is 7.05 Å². The Morgan fingerprint density at radius 2 is 1.88 bits per heavy atom. The SMILES string of the molecule is CCN(Cc1ccccc1)Cn1nc(-c2cccc(Br)c2)n(C)c1=S. The van der Waals surface area contributed by atoms with Gasteiger partial charge in [-0.2, -0.15) is 5.10 Å². The van der Waals surface area contributed by atoms with Crippen LogP contribution >= 0.6 is 28.1 Å². The van der Waals surface area contributed by atoms with Gasteiger partial charge in [0.1, 0.15) is 0 Å². The number of benzene rings is 2. The summed E-state index contributed by atoms with van der Waals surface area (Å²) in [7, 11) is 1.97. The van der Waals surface area contributed by atoms with Gasteiger partial charge in [-0.15, -0.1) is 0 Å². The molecule has 3 rings (SSSR count). The smallest absolute Gasteiger partial charge is 0.199 e. The van der Waals surface area contributed by atoms with Gasteiger partial charge in [-0.25, -0.2) is 4.68 Å². The summed E-state index contributed by atoms with van der Waals surface area (Å²) in [5, 5.41) is 4.76. The van der Waals surface area contributed by atoms with Crippen molar-refractivity contribution in [2.75, 3.05) is 6.54 Å². The van der Waals surface area contributed by atoms with Gasteiger partial charge in [0.15, 0.2) is 10.6 Å². The first-order valence-corrected chi connectivity index (χ1v) is 9.44. The van der Waals surface area contributed by atoms with E-state index in [0.717, 1.165) is 33.7 Å². The molecule has 0 saturated carbocycles. The maximum Gasteiger partial charge on any atom is 0.199 e. The standard InChI is InChI=1S/C19H21BrN4S/c1-3-23(13-15-8-5-4-6-9-15)14-24-19(25)22(2)18(21-24)16-10-7-11-17(20)12-16/h4-12H,3,13-14H2,1-2H3. The molecule has 2 aromatic carbocycles. The van der Waals surface area contributed by atoms with E-state index in [2.05, 4.69) is 58.1 Å². The van der Waals surface area contributed by atoms with Gasteiger partial charge in [0.25, 0.3) is 0 Å². The van der Waals surface area contributed by atoms with Crippen molar-refractivity contribution in [3.05, 3.63) is 69.4 Å². The molecule has 0 unspecified atom stereocenters. The molecule has 0 fully saturated rings. The predicted octanol–water partition coefficient (Wildman–Crippen LogP) is 4.86. The third-order valence-corrected chi connectivity index (χ3v) is 5.13. The van der Waals surface area contributed by atoms with Gasteiger partial charge in [0, 0.05) is 23.6 Å². The molecule has 4 nitrogen and oxygen atoms in total. The number of halogens is 1. The van der Waals surface area contributed by atoms with E-state index in [1.54, 1.807) is 0 Å². The number of aromatic nitrogens is 3. The maximum absolute atomic E-state index is 5.60. The highest BCUT2D eigenvalue weighted by Crippen LogP contribution is 2.21. The van der Waals surface area contributed by atoms with E-state index in [4.69, 9.17) is 17.3 Å². The lowest BCUT2D eigenvalue weighted by Gasteiger charge is -2.20. The molecule has 1 aromatic heterocycles. The second-order valence-electron chi connectivity index (χ2n) is 5.95. The van der Waals surface area contributed by atoms with Crippen molar-refractivity contribution in [3.8, 4) is 11.4 Å². The molecule has 130 valence electrons. The van der Waals surface area contributed by atoms with Crippen molar-refractivity contribution in [1.29, 1.82) is 0 Å². The minimum Gasteiger partial charge on any atom is -0.303 e. The molecular weight excluding hydrogens is 396 g/mol. The van der Waals surface area contributed by atoms with Gasteiger partial charge >= 0.3 is 0 Å². The van der Waals surface area contributed by atoms with Gasteiger partial charge in [-0.3, -0.25) is 4.90 Å². The van der Waals surface area contributed by atoms with E-state index >= 15 is 0 Å². The quantitative estimate of drug-likeness (QED) is 0.536. The molecule has 0 aliphatic heterocycles. The molecule has 1 heterocycles. The normalized spacial score (nSPS) is 11.2. The van der Waals surface area contributed by atoms with Gasteiger partial charge < -0.3 is 4.57 Å². The lowest BCUT2D eigenvalue weighted by atomic mass is 10.2. The minimum atomic E-state index is 0.673. The Kier molecular flexibility index (Phi) is 5.83. The van der Waals surface area contributed by atoms with Crippen molar-refractivity contribution in [3.63, 3.8) is 0 Å². The molecule has 0 radical (unpaired) electrons. The van der Waals surface area contributed by atoms with E-state index in [9.17, 15) is 0 Å². The first-order chi connectivity index (χ1) is 12.1. The topological polar surface area (TPSA) is 26.0 Å². The molecule has 25 heavy (non-hydrogen) atoms. The third-order valence-electron chi connectivity index (χ3n) is 4.15. The fraction of sp³-hybridized carbons (Fsp3) is 0.263. The lowest BCUT2D eigenvalue weighted by molar-refractivity contribution is 0.207. The minimum absolute atomic E-state index is 0.673. The van der Waals surface area contributed by atoms with Crippen molar-refractivity contribution in [2.45, 2.75) is 20.1 Å². The summed E-state index contributed by atoms with van der Waals surface area (Å²) < 4.78 is 5.62. The highest BCUT2D eigenvalue weighted by molar-refractivity contribution is 9.10. The lowest BCUT2D eigenvalue weighted by Crippen LogP contribution is -2.26. The van der Waals surface area contributed by atoms with Crippen molar-refractivity contribution < 1.29 is 0 Å². The summed E-state index contributed by atoms with van der Waals surface area (Å²) in [6.07, 6.45) is 0. The molecule has 0 aliphatic carbocycles. The van der Waals surface area contributed by atoms with E-state index in [0.29, 0.717) is 6.67 Å². The fourth-order valence-corrected chi connectivity index (χ4v) is 3.34. The van der Waals surface area contributed by atoms with Crippen LogP contribution in [0.4, 0.5) is 0 Å². The predicted molar refractivity (Wildman–Crippen MR) is 108 cm³/mol. The molecular formula is C19H21BrN4S. The van der Waals surface area contributed by atoms with E-state index in [1.165, 1.54) is 5.56 Å². The van der Waals surface area contributed by atoms with Crippen LogP contribution in [0.1, 0.15) is 12.5 Å². The fourth-order valence-electron chi connectivity index (χ4n) is 2.75. The van der Waals surface area contributed by atoms with Crippen LogP contribution in [0.15, 0.2) is 59.1 Å². The monoisotopic (exact) mass is 416 g/mol. The average Bonchev–Trinajstić information content (AvgIpc) is 2.90. The number of hydrogen-bond donors (Lipinski definition) is 0. The molecule has 6 heteroatoms. The summed E-state index contributed by atoms with van der Waals surface area (Å²) in [6, 6.07) is 18.6. The Hall–Kier alpha value is -1.76. The van der Waals surface area contributed by atoms with Crippen LogP contribution < -0.4 is 0 Å². The second kappa shape index (κ2) is 8.08. The number of hydrogen-bond acceptors (Lipinski definition) is 3. The van der Waals surface area contributed by atoms with Crippen LogP contribution in [0.5, 0.6) is 0 Å². The first-order valence-electron chi connectivity index (χ1n) is 8.24. The molecule has 3 aromatic rings. The molecule has 0 aliphatic rings. The highest BCUT2D eigenvalue weighted by atomic mass is 79.9. The summed E-state index contributed by atoms with van der Waals surface area (Å²) in [5.74, 6) is 0.877. The Balaban J connectivity index is 1.85. The average molecular weight is 417 g/mol. The van der Waals surface area contributed by atoms with Gasteiger partial charge in [0.2, 0.25) is 0 Å². The molecule has 0 bridgehead atoms. The van der Waals surface area contributed by atoms with Gasteiger partial charge in [0.05, 0.1) is 6.67 Å². The summed E-state index contributed by atoms with van der Waals surface area (Å²) in [6.45, 7) is 4.64. The zero-order chi connectivity index (χ0) is 17.8. The van der Waals surface area contributed by atoms with Crippen LogP contribution in [-0.2, 0) is 20.3 Å². The Bertz CT molecular complexity index is 901. The zero-order valence-electron chi connectivity index (χ0n) is 14.4. The number of nitrogens with zero attached hydrogens (tertiary/aromatic N) is 4. The molecule has 0 amide bonds. The second-order valence-corrected chi connectivity index (χ2v) is 7.23.